The zero-order chi connectivity index (χ0) is 17.5. The van der Waals surface area contributed by atoms with Gasteiger partial charge < -0.3 is 15.4 Å². The molecule has 3 atom stereocenters. The topological polar surface area (TPSA) is 102 Å². The minimum atomic E-state index is -1.27. The van der Waals surface area contributed by atoms with Crippen molar-refractivity contribution in [2.75, 3.05) is 12.9 Å². The highest BCUT2D eigenvalue weighted by molar-refractivity contribution is 7.85. The molecule has 130 valence electrons. The maximum Gasteiger partial charge on any atom is 0.328 e. The number of hydrogen-bond acceptors (Lipinski definition) is 5. The van der Waals surface area contributed by atoms with E-state index >= 15 is 0 Å². The van der Waals surface area contributed by atoms with E-state index in [-0.39, 0.29) is 18.1 Å². The van der Waals surface area contributed by atoms with Crippen molar-refractivity contribution in [3.8, 4) is 0 Å². The maximum atomic E-state index is 12.2. The van der Waals surface area contributed by atoms with Crippen LogP contribution in [0.25, 0.3) is 0 Å². The van der Waals surface area contributed by atoms with Crippen molar-refractivity contribution < 1.29 is 23.3 Å². The van der Waals surface area contributed by atoms with Gasteiger partial charge in [-0.15, -0.1) is 0 Å². The molecule has 0 bridgehead atoms. The average molecular weight is 352 g/mol. The Balaban J connectivity index is 1.93. The highest BCUT2D eigenvalue weighted by Gasteiger charge is 2.30. The first-order chi connectivity index (χ1) is 11.5. The van der Waals surface area contributed by atoms with Crippen LogP contribution in [0.1, 0.15) is 19.3 Å². The smallest absolute Gasteiger partial charge is 0.328 e. The van der Waals surface area contributed by atoms with Crippen LogP contribution in [-0.4, -0.2) is 46.9 Å². The first-order valence-electron chi connectivity index (χ1n) is 7.62. The van der Waals surface area contributed by atoms with E-state index in [1.807, 2.05) is 6.07 Å². The van der Waals surface area contributed by atoms with Crippen LogP contribution in [0, 0.1) is 0 Å². The van der Waals surface area contributed by atoms with Crippen molar-refractivity contribution in [3.05, 3.63) is 30.3 Å². The third-order valence-electron chi connectivity index (χ3n) is 3.71. The van der Waals surface area contributed by atoms with Crippen LogP contribution in [0.3, 0.4) is 0 Å². The monoisotopic (exact) mass is 352 g/mol. The molecular formula is C16H20N2O5S. The normalized spacial score (nSPS) is 19.2. The molecule has 1 fully saturated rings. The standard InChI is InChI=1S/C16H20N2O5S/c1-23-16(21)13(18-15(20)12-7-8-14(19)17-12)9-10-24(22)11-5-3-2-4-6-11/h2-6,12-13H,7-10H2,1H3,(H,17,19)(H,18,20)/t12-,13+,24+/m0/s1. The first kappa shape index (κ1) is 18.1. The molecule has 7 nitrogen and oxygen atoms in total. The van der Waals surface area contributed by atoms with Gasteiger partial charge >= 0.3 is 5.97 Å². The lowest BCUT2D eigenvalue weighted by Crippen LogP contribution is -2.49. The molecule has 1 aromatic carbocycles. The van der Waals surface area contributed by atoms with E-state index in [2.05, 4.69) is 10.6 Å². The van der Waals surface area contributed by atoms with E-state index < -0.39 is 34.8 Å². The minimum absolute atomic E-state index is 0.181. The summed E-state index contributed by atoms with van der Waals surface area (Å²) in [4.78, 5) is 35.8. The van der Waals surface area contributed by atoms with E-state index in [0.717, 1.165) is 0 Å². The van der Waals surface area contributed by atoms with Crippen molar-refractivity contribution in [1.82, 2.24) is 10.6 Å². The first-order valence-corrected chi connectivity index (χ1v) is 8.94. The number of ether oxygens (including phenoxy) is 1. The molecule has 0 aromatic heterocycles. The minimum Gasteiger partial charge on any atom is -0.467 e. The lowest BCUT2D eigenvalue weighted by Gasteiger charge is -2.18. The third kappa shape index (κ3) is 4.89. The van der Waals surface area contributed by atoms with Crippen molar-refractivity contribution in [3.63, 3.8) is 0 Å². The molecule has 2 amide bonds. The van der Waals surface area contributed by atoms with E-state index in [4.69, 9.17) is 4.74 Å². The quantitative estimate of drug-likeness (QED) is 0.679. The highest BCUT2D eigenvalue weighted by Crippen LogP contribution is 2.10. The number of rotatable bonds is 7. The predicted molar refractivity (Wildman–Crippen MR) is 87.4 cm³/mol. The second-order valence-electron chi connectivity index (χ2n) is 5.39. The van der Waals surface area contributed by atoms with Gasteiger partial charge in [0.1, 0.15) is 12.1 Å². The second kappa shape index (κ2) is 8.58. The Morgan fingerprint density at radius 2 is 2.08 bits per heavy atom. The van der Waals surface area contributed by atoms with Gasteiger partial charge in [-0.05, 0) is 25.0 Å². The summed E-state index contributed by atoms with van der Waals surface area (Å²) in [7, 11) is -0.0447. The number of benzene rings is 1. The number of hydrogen-bond donors (Lipinski definition) is 2. The summed E-state index contributed by atoms with van der Waals surface area (Å²) in [6, 6.07) is 7.36. The summed E-state index contributed by atoms with van der Waals surface area (Å²) < 4.78 is 16.9. The summed E-state index contributed by atoms with van der Waals surface area (Å²) in [6.45, 7) is 0. The molecule has 0 unspecified atom stereocenters. The largest absolute Gasteiger partial charge is 0.467 e. The Hall–Kier alpha value is -2.22. The van der Waals surface area contributed by atoms with E-state index in [0.29, 0.717) is 17.7 Å². The Kier molecular flexibility index (Phi) is 6.48. The van der Waals surface area contributed by atoms with Crippen LogP contribution in [0.5, 0.6) is 0 Å². The number of methoxy groups -OCH3 is 1. The van der Waals surface area contributed by atoms with Crippen molar-refractivity contribution in [1.29, 1.82) is 0 Å². The summed E-state index contributed by atoms with van der Waals surface area (Å²) in [6.07, 6.45) is 0.869. The maximum absolute atomic E-state index is 12.2. The number of carbonyl (C=O) groups excluding carboxylic acids is 3. The molecule has 2 rings (SSSR count). The molecule has 1 aliphatic heterocycles. The average Bonchev–Trinajstić information content (AvgIpc) is 3.04. The molecule has 0 saturated carbocycles. The Labute approximate surface area is 142 Å². The van der Waals surface area contributed by atoms with Gasteiger partial charge in [-0.3, -0.25) is 13.8 Å². The van der Waals surface area contributed by atoms with Crippen LogP contribution >= 0.6 is 0 Å². The molecule has 0 spiro atoms. The molecule has 8 heteroatoms. The highest BCUT2D eigenvalue weighted by atomic mass is 32.2. The molecular weight excluding hydrogens is 332 g/mol. The molecule has 1 aromatic rings. The van der Waals surface area contributed by atoms with Gasteiger partial charge in [-0.25, -0.2) is 4.79 Å². The van der Waals surface area contributed by atoms with Crippen LogP contribution in [-0.2, 0) is 29.9 Å². The van der Waals surface area contributed by atoms with Gasteiger partial charge in [-0.1, -0.05) is 18.2 Å². The molecule has 2 N–H and O–H groups in total. The number of carbonyl (C=O) groups is 3. The molecule has 1 heterocycles. The van der Waals surface area contributed by atoms with Crippen molar-refractivity contribution in [2.45, 2.75) is 36.2 Å². The molecule has 1 saturated heterocycles. The van der Waals surface area contributed by atoms with Gasteiger partial charge in [0.05, 0.1) is 17.9 Å². The fourth-order valence-corrected chi connectivity index (χ4v) is 3.54. The van der Waals surface area contributed by atoms with Crippen LogP contribution < -0.4 is 10.6 Å². The van der Waals surface area contributed by atoms with Gasteiger partial charge in [0, 0.05) is 17.1 Å². The van der Waals surface area contributed by atoms with E-state index in [1.165, 1.54) is 7.11 Å². The SMILES string of the molecule is COC(=O)[C@@H](CC[S@@](=O)c1ccccc1)NC(=O)[C@@H]1CCC(=O)N1. The lowest BCUT2D eigenvalue weighted by atomic mass is 10.1. The lowest BCUT2D eigenvalue weighted by molar-refractivity contribution is -0.145. The molecule has 24 heavy (non-hydrogen) atoms. The number of nitrogens with one attached hydrogen (secondary N) is 2. The van der Waals surface area contributed by atoms with Gasteiger partial charge in [-0.2, -0.15) is 0 Å². The van der Waals surface area contributed by atoms with Gasteiger partial charge in [0.2, 0.25) is 11.8 Å². The van der Waals surface area contributed by atoms with E-state index in [1.54, 1.807) is 24.3 Å². The summed E-state index contributed by atoms with van der Waals surface area (Å²) in [5.41, 5.74) is 0. The predicted octanol–water partition coefficient (Wildman–Crippen LogP) is 0.121. The van der Waals surface area contributed by atoms with Crippen molar-refractivity contribution in [2.24, 2.45) is 0 Å². The fourth-order valence-electron chi connectivity index (χ4n) is 2.39. The van der Waals surface area contributed by atoms with Crippen LogP contribution in [0.15, 0.2) is 35.2 Å². The summed E-state index contributed by atoms with van der Waals surface area (Å²) in [5, 5.41) is 5.12. The number of amides is 2. The Morgan fingerprint density at radius 3 is 2.67 bits per heavy atom. The molecule has 1 aliphatic rings. The van der Waals surface area contributed by atoms with Crippen molar-refractivity contribution >= 4 is 28.6 Å². The zero-order valence-corrected chi connectivity index (χ0v) is 14.1. The van der Waals surface area contributed by atoms with Gasteiger partial charge in [0.15, 0.2) is 0 Å². The zero-order valence-electron chi connectivity index (χ0n) is 13.3. The van der Waals surface area contributed by atoms with Crippen LogP contribution in [0.2, 0.25) is 0 Å². The Bertz CT molecular complexity index is 635. The summed E-state index contributed by atoms with van der Waals surface area (Å²) >= 11 is 0. The van der Waals surface area contributed by atoms with Crippen LogP contribution in [0.4, 0.5) is 0 Å². The summed E-state index contributed by atoms with van der Waals surface area (Å²) in [5.74, 6) is -1.00. The molecule has 0 radical (unpaired) electrons. The third-order valence-corrected chi connectivity index (χ3v) is 5.12. The fraction of sp³-hybridized carbons (Fsp3) is 0.438. The number of esters is 1. The molecule has 0 aliphatic carbocycles. The van der Waals surface area contributed by atoms with E-state index in [9.17, 15) is 18.6 Å². The Morgan fingerprint density at radius 1 is 1.38 bits per heavy atom. The second-order valence-corrected chi connectivity index (χ2v) is 6.97. The van der Waals surface area contributed by atoms with Gasteiger partial charge in [0.25, 0.3) is 0 Å².